The van der Waals surface area contributed by atoms with E-state index in [1.54, 1.807) is 0 Å². The Bertz CT molecular complexity index is 385. The summed E-state index contributed by atoms with van der Waals surface area (Å²) in [6, 6.07) is 2.77. The van der Waals surface area contributed by atoms with Crippen LogP contribution < -0.4 is 5.32 Å². The van der Waals surface area contributed by atoms with Crippen LogP contribution in [0.5, 0.6) is 0 Å². The second kappa shape index (κ2) is 8.54. The number of aryl methyl sites for hydroxylation is 1. The quantitative estimate of drug-likeness (QED) is 0.838. The normalized spacial score (nSPS) is 24.1. The zero-order valence-electron chi connectivity index (χ0n) is 14.0. The monoisotopic (exact) mass is 292 g/mol. The van der Waals surface area contributed by atoms with E-state index in [9.17, 15) is 0 Å². The summed E-state index contributed by atoms with van der Waals surface area (Å²) in [7, 11) is 2.08. The molecule has 1 saturated heterocycles. The van der Waals surface area contributed by atoms with Gasteiger partial charge in [0, 0.05) is 12.7 Å². The molecule has 120 valence electrons. The molecule has 1 fully saturated rings. The third-order valence-corrected chi connectivity index (χ3v) is 4.58. The molecule has 2 heterocycles. The standard InChI is InChI=1S/C17H32N4/c1-4-11-20-13-7-6-8-15(14-18-3)17(20)16-9-10-19-21(16)12-5-2/h9-10,15,17-18H,4-8,11-14H2,1-3H3. The van der Waals surface area contributed by atoms with Crippen molar-refractivity contribution in [2.24, 2.45) is 5.92 Å². The lowest BCUT2D eigenvalue weighted by atomic mass is 9.91. The number of hydrogen-bond donors (Lipinski definition) is 1. The minimum Gasteiger partial charge on any atom is -0.319 e. The number of hydrogen-bond acceptors (Lipinski definition) is 3. The van der Waals surface area contributed by atoms with Gasteiger partial charge < -0.3 is 5.32 Å². The molecule has 4 nitrogen and oxygen atoms in total. The Balaban J connectivity index is 2.30. The summed E-state index contributed by atoms with van der Waals surface area (Å²) < 4.78 is 2.24. The Morgan fingerprint density at radius 1 is 1.24 bits per heavy atom. The Morgan fingerprint density at radius 2 is 2.05 bits per heavy atom. The third-order valence-electron chi connectivity index (χ3n) is 4.58. The smallest absolute Gasteiger partial charge is 0.0559 e. The van der Waals surface area contributed by atoms with Crippen molar-refractivity contribution < 1.29 is 0 Å². The van der Waals surface area contributed by atoms with Gasteiger partial charge in [-0.1, -0.05) is 20.3 Å². The van der Waals surface area contributed by atoms with Gasteiger partial charge in [-0.25, -0.2) is 0 Å². The van der Waals surface area contributed by atoms with Crippen LogP contribution in [0.3, 0.4) is 0 Å². The van der Waals surface area contributed by atoms with Crippen molar-refractivity contribution in [3.63, 3.8) is 0 Å². The molecule has 1 aliphatic rings. The highest BCUT2D eigenvalue weighted by Gasteiger charge is 2.32. The van der Waals surface area contributed by atoms with E-state index in [2.05, 4.69) is 47.0 Å². The second-order valence-electron chi connectivity index (χ2n) is 6.27. The van der Waals surface area contributed by atoms with E-state index in [-0.39, 0.29) is 0 Å². The van der Waals surface area contributed by atoms with E-state index in [1.165, 1.54) is 44.5 Å². The summed E-state index contributed by atoms with van der Waals surface area (Å²) in [5.74, 6) is 0.691. The van der Waals surface area contributed by atoms with Crippen LogP contribution in [0.2, 0.25) is 0 Å². The molecule has 0 saturated carbocycles. The van der Waals surface area contributed by atoms with Crippen LogP contribution >= 0.6 is 0 Å². The molecular weight excluding hydrogens is 260 g/mol. The highest BCUT2D eigenvalue weighted by molar-refractivity contribution is 5.10. The fourth-order valence-corrected chi connectivity index (χ4v) is 3.75. The van der Waals surface area contributed by atoms with Crippen molar-refractivity contribution in [1.29, 1.82) is 0 Å². The first-order chi connectivity index (χ1) is 10.3. The SMILES string of the molecule is CCCN1CCCCC(CNC)C1c1ccnn1CCC. The van der Waals surface area contributed by atoms with Crippen LogP contribution in [-0.2, 0) is 6.54 Å². The first kappa shape index (κ1) is 16.5. The summed E-state index contributed by atoms with van der Waals surface area (Å²) >= 11 is 0. The molecule has 1 aromatic heterocycles. The molecule has 0 amide bonds. The van der Waals surface area contributed by atoms with Crippen molar-refractivity contribution >= 4 is 0 Å². The Hall–Kier alpha value is -0.870. The molecule has 21 heavy (non-hydrogen) atoms. The Morgan fingerprint density at radius 3 is 2.76 bits per heavy atom. The fraction of sp³-hybridized carbons (Fsp3) is 0.824. The van der Waals surface area contributed by atoms with E-state index >= 15 is 0 Å². The fourth-order valence-electron chi connectivity index (χ4n) is 3.75. The molecule has 0 spiro atoms. The van der Waals surface area contributed by atoms with Crippen molar-refractivity contribution in [1.82, 2.24) is 20.0 Å². The first-order valence-electron chi connectivity index (χ1n) is 8.72. The van der Waals surface area contributed by atoms with E-state index in [4.69, 9.17) is 0 Å². The summed E-state index contributed by atoms with van der Waals surface area (Å²) in [6.07, 6.45) is 8.36. The number of nitrogens with one attached hydrogen (secondary N) is 1. The van der Waals surface area contributed by atoms with Crippen molar-refractivity contribution in [2.45, 2.75) is 58.5 Å². The number of nitrogens with zero attached hydrogens (tertiary/aromatic N) is 3. The van der Waals surface area contributed by atoms with Gasteiger partial charge in [0.1, 0.15) is 0 Å². The molecule has 0 radical (unpaired) electrons. The van der Waals surface area contributed by atoms with Gasteiger partial charge in [-0.3, -0.25) is 9.58 Å². The van der Waals surface area contributed by atoms with E-state index in [0.717, 1.165) is 19.5 Å². The zero-order chi connectivity index (χ0) is 15.1. The maximum absolute atomic E-state index is 4.57. The molecule has 0 aliphatic carbocycles. The van der Waals surface area contributed by atoms with Crippen LogP contribution in [0.1, 0.15) is 57.7 Å². The van der Waals surface area contributed by atoms with E-state index in [1.807, 2.05) is 6.20 Å². The van der Waals surface area contributed by atoms with Gasteiger partial charge in [0.25, 0.3) is 0 Å². The average molecular weight is 292 g/mol. The van der Waals surface area contributed by atoms with Crippen LogP contribution in [0.25, 0.3) is 0 Å². The molecule has 4 heteroatoms. The number of likely N-dealkylation sites (tertiary alicyclic amines) is 1. The highest BCUT2D eigenvalue weighted by Crippen LogP contribution is 2.35. The van der Waals surface area contributed by atoms with E-state index in [0.29, 0.717) is 12.0 Å². The van der Waals surface area contributed by atoms with Crippen LogP contribution in [0.15, 0.2) is 12.3 Å². The molecule has 2 unspecified atom stereocenters. The Labute approximate surface area is 129 Å². The number of rotatable bonds is 7. The highest BCUT2D eigenvalue weighted by atomic mass is 15.3. The third kappa shape index (κ3) is 4.07. The second-order valence-corrected chi connectivity index (χ2v) is 6.27. The maximum atomic E-state index is 4.57. The lowest BCUT2D eigenvalue weighted by Crippen LogP contribution is -2.38. The maximum Gasteiger partial charge on any atom is 0.0559 e. The van der Waals surface area contributed by atoms with Gasteiger partial charge in [0.2, 0.25) is 0 Å². The summed E-state index contributed by atoms with van der Waals surface area (Å²) in [6.45, 7) is 9.08. The van der Waals surface area contributed by atoms with Crippen LogP contribution in [-0.4, -0.2) is 41.4 Å². The molecule has 1 aromatic rings. The van der Waals surface area contributed by atoms with Gasteiger partial charge in [0.15, 0.2) is 0 Å². The number of aromatic nitrogens is 2. The van der Waals surface area contributed by atoms with Crippen molar-refractivity contribution in [3.8, 4) is 0 Å². The largest absolute Gasteiger partial charge is 0.319 e. The Kier molecular flexibility index (Phi) is 6.71. The summed E-state index contributed by atoms with van der Waals surface area (Å²) in [4.78, 5) is 2.71. The molecule has 1 aliphatic heterocycles. The van der Waals surface area contributed by atoms with Crippen molar-refractivity contribution in [2.75, 3.05) is 26.7 Å². The van der Waals surface area contributed by atoms with E-state index < -0.39 is 0 Å². The molecule has 1 N–H and O–H groups in total. The molecule has 2 atom stereocenters. The lowest BCUT2D eigenvalue weighted by Gasteiger charge is -2.35. The minimum atomic E-state index is 0.522. The van der Waals surface area contributed by atoms with Gasteiger partial charge in [0.05, 0.1) is 11.7 Å². The van der Waals surface area contributed by atoms with Crippen LogP contribution in [0.4, 0.5) is 0 Å². The topological polar surface area (TPSA) is 33.1 Å². The molecular formula is C17H32N4. The first-order valence-corrected chi connectivity index (χ1v) is 8.72. The average Bonchev–Trinajstić information content (AvgIpc) is 2.83. The van der Waals surface area contributed by atoms with Gasteiger partial charge in [-0.15, -0.1) is 0 Å². The van der Waals surface area contributed by atoms with Gasteiger partial charge >= 0.3 is 0 Å². The van der Waals surface area contributed by atoms with Gasteiger partial charge in [-0.05, 0) is 64.3 Å². The summed E-state index contributed by atoms with van der Waals surface area (Å²) in [5.41, 5.74) is 1.42. The molecule has 2 rings (SSSR count). The lowest BCUT2D eigenvalue weighted by molar-refractivity contribution is 0.145. The molecule has 0 bridgehead atoms. The predicted molar refractivity (Wildman–Crippen MR) is 88.4 cm³/mol. The predicted octanol–water partition coefficient (Wildman–Crippen LogP) is 3.07. The minimum absolute atomic E-state index is 0.522. The molecule has 0 aromatic carbocycles. The van der Waals surface area contributed by atoms with Gasteiger partial charge in [-0.2, -0.15) is 5.10 Å². The summed E-state index contributed by atoms with van der Waals surface area (Å²) in [5, 5.41) is 7.99. The van der Waals surface area contributed by atoms with Crippen LogP contribution in [0, 0.1) is 5.92 Å². The zero-order valence-corrected chi connectivity index (χ0v) is 14.0. The van der Waals surface area contributed by atoms with Crippen molar-refractivity contribution in [3.05, 3.63) is 18.0 Å².